The van der Waals surface area contributed by atoms with Gasteiger partial charge in [0.1, 0.15) is 0 Å². The van der Waals surface area contributed by atoms with Gasteiger partial charge in [-0.2, -0.15) is 0 Å². The van der Waals surface area contributed by atoms with Crippen LogP contribution in [-0.2, 0) is 0 Å². The van der Waals surface area contributed by atoms with Crippen LogP contribution >= 0.6 is 0 Å². The fourth-order valence-corrected chi connectivity index (χ4v) is 2.00. The molecule has 1 heteroatoms. The van der Waals surface area contributed by atoms with Crippen LogP contribution in [0, 0.1) is 12.3 Å². The molecule has 0 aromatic rings. The topological polar surface area (TPSA) is 12.0 Å². The van der Waals surface area contributed by atoms with Crippen molar-refractivity contribution in [3.8, 4) is 12.3 Å². The summed E-state index contributed by atoms with van der Waals surface area (Å²) in [5.74, 6) is 2.86. The van der Waals surface area contributed by atoms with Gasteiger partial charge in [0.25, 0.3) is 0 Å². The third-order valence-corrected chi connectivity index (χ3v) is 3.22. The molecule has 0 aromatic carbocycles. The van der Waals surface area contributed by atoms with Gasteiger partial charge in [-0.1, -0.05) is 71.1 Å². The van der Waals surface area contributed by atoms with Crippen LogP contribution in [0.3, 0.4) is 0 Å². The molecule has 1 nitrogen and oxygen atoms in total. The van der Waals surface area contributed by atoms with Crippen LogP contribution in [0.2, 0.25) is 0 Å². The average molecular weight is 237 g/mol. The minimum Gasteiger partial charge on any atom is -0.304 e. The molecule has 1 unspecified atom stereocenters. The summed E-state index contributed by atoms with van der Waals surface area (Å²) in [7, 11) is 0. The van der Waals surface area contributed by atoms with E-state index in [9.17, 15) is 0 Å². The van der Waals surface area contributed by atoms with Crippen LogP contribution in [0.1, 0.15) is 78.1 Å². The zero-order valence-corrected chi connectivity index (χ0v) is 11.9. The first-order chi connectivity index (χ1) is 8.35. The van der Waals surface area contributed by atoms with Gasteiger partial charge in [-0.05, 0) is 19.4 Å². The normalized spacial score (nSPS) is 12.3. The predicted octanol–water partition coefficient (Wildman–Crippen LogP) is 4.52. The Morgan fingerprint density at radius 2 is 1.47 bits per heavy atom. The molecule has 17 heavy (non-hydrogen) atoms. The van der Waals surface area contributed by atoms with Crippen LogP contribution in [0.15, 0.2) is 0 Å². The number of unbranched alkanes of at least 4 members (excludes halogenated alkanes) is 7. The highest BCUT2D eigenvalue weighted by Gasteiger charge is 2.02. The monoisotopic (exact) mass is 237 g/mol. The Morgan fingerprint density at radius 1 is 0.882 bits per heavy atom. The maximum atomic E-state index is 5.52. The number of hydrogen-bond donors (Lipinski definition) is 1. The highest BCUT2D eigenvalue weighted by Crippen LogP contribution is 2.09. The van der Waals surface area contributed by atoms with Gasteiger partial charge in [-0.15, -0.1) is 6.42 Å². The largest absolute Gasteiger partial charge is 0.304 e. The molecule has 0 saturated heterocycles. The second-order valence-corrected chi connectivity index (χ2v) is 4.94. The van der Waals surface area contributed by atoms with E-state index >= 15 is 0 Å². The van der Waals surface area contributed by atoms with Crippen molar-refractivity contribution in [2.24, 2.45) is 0 Å². The van der Waals surface area contributed by atoms with Gasteiger partial charge in [-0.25, -0.2) is 0 Å². The van der Waals surface area contributed by atoms with E-state index in [0.717, 1.165) is 13.0 Å². The number of terminal acetylenes is 1. The molecule has 0 rings (SSSR count). The number of nitrogens with one attached hydrogen (secondary N) is 1. The van der Waals surface area contributed by atoms with Crippen molar-refractivity contribution >= 4 is 0 Å². The van der Waals surface area contributed by atoms with Gasteiger partial charge in [-0.3, -0.25) is 0 Å². The van der Waals surface area contributed by atoms with Gasteiger partial charge in [0.05, 0.1) is 6.04 Å². The Kier molecular flexibility index (Phi) is 13.2. The summed E-state index contributed by atoms with van der Waals surface area (Å²) in [6.07, 6.45) is 18.7. The summed E-state index contributed by atoms with van der Waals surface area (Å²) in [5.41, 5.74) is 0. The molecule has 100 valence electrons. The van der Waals surface area contributed by atoms with E-state index in [-0.39, 0.29) is 0 Å². The Balaban J connectivity index is 3.29. The Labute approximate surface area is 109 Å². The van der Waals surface area contributed by atoms with E-state index in [1.807, 2.05) is 0 Å². The van der Waals surface area contributed by atoms with Crippen molar-refractivity contribution in [2.45, 2.75) is 84.1 Å². The van der Waals surface area contributed by atoms with Gasteiger partial charge in [0, 0.05) is 0 Å². The second-order valence-electron chi connectivity index (χ2n) is 4.94. The van der Waals surface area contributed by atoms with E-state index in [4.69, 9.17) is 6.42 Å². The molecule has 0 bridgehead atoms. The van der Waals surface area contributed by atoms with Crippen LogP contribution in [-0.4, -0.2) is 12.6 Å². The first-order valence-corrected chi connectivity index (χ1v) is 7.54. The van der Waals surface area contributed by atoms with Gasteiger partial charge < -0.3 is 5.32 Å². The third-order valence-electron chi connectivity index (χ3n) is 3.22. The van der Waals surface area contributed by atoms with Crippen molar-refractivity contribution in [1.82, 2.24) is 5.32 Å². The molecular formula is C16H31N. The highest BCUT2D eigenvalue weighted by molar-refractivity contribution is 4.98. The zero-order valence-electron chi connectivity index (χ0n) is 11.9. The van der Waals surface area contributed by atoms with Crippen LogP contribution in [0.4, 0.5) is 0 Å². The summed E-state index contributed by atoms with van der Waals surface area (Å²) in [4.78, 5) is 0. The van der Waals surface area contributed by atoms with Crippen molar-refractivity contribution in [2.75, 3.05) is 6.54 Å². The summed E-state index contributed by atoms with van der Waals surface area (Å²) in [5, 5.41) is 3.45. The Bertz CT molecular complexity index is 180. The second kappa shape index (κ2) is 13.6. The molecule has 0 aromatic heterocycles. The van der Waals surface area contributed by atoms with E-state index in [1.165, 1.54) is 57.8 Å². The quantitative estimate of drug-likeness (QED) is 0.389. The summed E-state index contributed by atoms with van der Waals surface area (Å²) >= 11 is 0. The lowest BCUT2D eigenvalue weighted by molar-refractivity contribution is 0.509. The minimum atomic E-state index is 0.303. The fraction of sp³-hybridized carbons (Fsp3) is 0.875. The molecular weight excluding hydrogens is 206 g/mol. The van der Waals surface area contributed by atoms with E-state index in [2.05, 4.69) is 25.1 Å². The highest BCUT2D eigenvalue weighted by atomic mass is 14.9. The lowest BCUT2D eigenvalue weighted by Gasteiger charge is -2.12. The molecule has 0 radical (unpaired) electrons. The van der Waals surface area contributed by atoms with Gasteiger partial charge in [0.2, 0.25) is 0 Å². The molecule has 0 saturated carbocycles. The minimum absolute atomic E-state index is 0.303. The molecule has 1 N–H and O–H groups in total. The third kappa shape index (κ3) is 11.8. The van der Waals surface area contributed by atoms with Crippen molar-refractivity contribution in [3.05, 3.63) is 0 Å². The summed E-state index contributed by atoms with van der Waals surface area (Å²) in [6, 6.07) is 0.303. The summed E-state index contributed by atoms with van der Waals surface area (Å²) in [6.45, 7) is 5.55. The fourth-order valence-electron chi connectivity index (χ4n) is 2.00. The zero-order chi connectivity index (χ0) is 12.8. The lowest BCUT2D eigenvalue weighted by Crippen LogP contribution is -2.28. The van der Waals surface area contributed by atoms with E-state index in [0.29, 0.717) is 6.04 Å². The van der Waals surface area contributed by atoms with Crippen molar-refractivity contribution in [1.29, 1.82) is 0 Å². The van der Waals surface area contributed by atoms with Crippen LogP contribution < -0.4 is 5.32 Å². The first kappa shape index (κ1) is 16.5. The van der Waals surface area contributed by atoms with E-state index in [1.54, 1.807) is 0 Å². The number of hydrogen-bond acceptors (Lipinski definition) is 1. The molecule has 1 atom stereocenters. The van der Waals surface area contributed by atoms with Crippen molar-refractivity contribution in [3.63, 3.8) is 0 Å². The molecule has 0 aliphatic heterocycles. The van der Waals surface area contributed by atoms with Crippen LogP contribution in [0.25, 0.3) is 0 Å². The van der Waals surface area contributed by atoms with Crippen molar-refractivity contribution < 1.29 is 0 Å². The Hall–Kier alpha value is -0.480. The molecule has 0 spiro atoms. The molecule has 0 aliphatic rings. The number of rotatable bonds is 12. The average Bonchev–Trinajstić information content (AvgIpc) is 2.35. The predicted molar refractivity (Wildman–Crippen MR) is 78.1 cm³/mol. The SMILES string of the molecule is C#CC(CCCCCCCCC)NCCCC. The van der Waals surface area contributed by atoms with E-state index < -0.39 is 0 Å². The molecule has 0 heterocycles. The first-order valence-electron chi connectivity index (χ1n) is 7.54. The molecule has 0 amide bonds. The van der Waals surface area contributed by atoms with Gasteiger partial charge in [0.15, 0.2) is 0 Å². The van der Waals surface area contributed by atoms with Gasteiger partial charge >= 0.3 is 0 Å². The Morgan fingerprint density at radius 3 is 2.06 bits per heavy atom. The maximum absolute atomic E-state index is 5.52. The lowest BCUT2D eigenvalue weighted by atomic mass is 10.1. The summed E-state index contributed by atoms with van der Waals surface area (Å²) < 4.78 is 0. The smallest absolute Gasteiger partial charge is 0.0686 e. The standard InChI is InChI=1S/C16H31N/c1-4-7-9-10-11-12-13-14-16(6-3)17-15-8-5-2/h3,16-17H,4-5,7-15H2,1-2H3. The maximum Gasteiger partial charge on any atom is 0.0686 e. The molecule has 0 fully saturated rings. The molecule has 0 aliphatic carbocycles. The van der Waals surface area contributed by atoms with Crippen LogP contribution in [0.5, 0.6) is 0 Å².